The second kappa shape index (κ2) is 5.97. The molecule has 0 aromatic carbocycles. The van der Waals surface area contributed by atoms with Gasteiger partial charge in [-0.05, 0) is 19.8 Å². The lowest BCUT2D eigenvalue weighted by molar-refractivity contribution is 0.236. The van der Waals surface area contributed by atoms with Gasteiger partial charge in [0, 0.05) is 19.7 Å². The molecule has 0 aliphatic heterocycles. The number of hydrogen-bond donors (Lipinski definition) is 3. The fraction of sp³-hybridized carbons (Fsp3) is 0.857. The van der Waals surface area contributed by atoms with Crippen LogP contribution in [0, 0.1) is 0 Å². The van der Waals surface area contributed by atoms with Crippen molar-refractivity contribution in [2.24, 2.45) is 0 Å². The molecule has 11 heavy (non-hydrogen) atoms. The SMILES string of the molecule is CNC(=O)NC(C)CCCO. The summed E-state index contributed by atoms with van der Waals surface area (Å²) in [6.07, 6.45) is 1.54. The molecule has 66 valence electrons. The van der Waals surface area contributed by atoms with Crippen LogP contribution in [0.3, 0.4) is 0 Å². The number of aliphatic hydroxyl groups excluding tert-OH is 1. The van der Waals surface area contributed by atoms with Gasteiger partial charge >= 0.3 is 6.03 Å². The van der Waals surface area contributed by atoms with Crippen molar-refractivity contribution in [2.75, 3.05) is 13.7 Å². The summed E-state index contributed by atoms with van der Waals surface area (Å²) in [7, 11) is 1.58. The van der Waals surface area contributed by atoms with Crippen LogP contribution in [-0.4, -0.2) is 30.8 Å². The van der Waals surface area contributed by atoms with E-state index < -0.39 is 0 Å². The first kappa shape index (κ1) is 10.2. The molecule has 4 heteroatoms. The molecule has 0 rings (SSSR count). The molecule has 1 unspecified atom stereocenters. The van der Waals surface area contributed by atoms with Crippen molar-refractivity contribution in [3.05, 3.63) is 0 Å². The molecule has 0 saturated carbocycles. The average Bonchev–Trinajstić information content (AvgIpc) is 2.00. The molecular weight excluding hydrogens is 144 g/mol. The molecular formula is C7H16N2O2. The monoisotopic (exact) mass is 160 g/mol. The standard InChI is InChI=1S/C7H16N2O2/c1-6(4-3-5-10)9-7(11)8-2/h6,10H,3-5H2,1-2H3,(H2,8,9,11). The maximum absolute atomic E-state index is 10.7. The largest absolute Gasteiger partial charge is 0.396 e. The van der Waals surface area contributed by atoms with Gasteiger partial charge in [-0.25, -0.2) is 4.79 Å². The lowest BCUT2D eigenvalue weighted by Gasteiger charge is -2.11. The Kier molecular flexibility index (Phi) is 5.56. The van der Waals surface area contributed by atoms with E-state index in [1.54, 1.807) is 7.05 Å². The number of rotatable bonds is 4. The highest BCUT2D eigenvalue weighted by molar-refractivity contribution is 5.73. The minimum Gasteiger partial charge on any atom is -0.396 e. The van der Waals surface area contributed by atoms with E-state index in [-0.39, 0.29) is 18.7 Å². The number of amides is 2. The Hall–Kier alpha value is -0.770. The average molecular weight is 160 g/mol. The molecule has 0 aromatic rings. The first-order valence-electron chi connectivity index (χ1n) is 3.79. The maximum atomic E-state index is 10.7. The van der Waals surface area contributed by atoms with Crippen LogP contribution in [0.1, 0.15) is 19.8 Å². The third-order valence-electron chi connectivity index (χ3n) is 1.40. The Morgan fingerprint density at radius 3 is 2.73 bits per heavy atom. The summed E-state index contributed by atoms with van der Waals surface area (Å²) >= 11 is 0. The number of nitrogens with one attached hydrogen (secondary N) is 2. The van der Waals surface area contributed by atoms with Crippen LogP contribution in [0.25, 0.3) is 0 Å². The summed E-state index contributed by atoms with van der Waals surface area (Å²) in [5.41, 5.74) is 0. The zero-order valence-corrected chi connectivity index (χ0v) is 7.05. The molecule has 0 aromatic heterocycles. The molecule has 4 nitrogen and oxygen atoms in total. The molecule has 0 radical (unpaired) electrons. The molecule has 0 fully saturated rings. The van der Waals surface area contributed by atoms with Crippen molar-refractivity contribution in [1.82, 2.24) is 10.6 Å². The van der Waals surface area contributed by atoms with Crippen LogP contribution in [0.15, 0.2) is 0 Å². The summed E-state index contributed by atoms with van der Waals surface area (Å²) in [6, 6.07) is -0.0439. The van der Waals surface area contributed by atoms with Crippen LogP contribution >= 0.6 is 0 Å². The van der Waals surface area contributed by atoms with Crippen molar-refractivity contribution in [3.63, 3.8) is 0 Å². The maximum Gasteiger partial charge on any atom is 0.314 e. The van der Waals surface area contributed by atoms with Crippen LogP contribution < -0.4 is 10.6 Å². The Morgan fingerprint density at radius 1 is 1.64 bits per heavy atom. The van der Waals surface area contributed by atoms with Gasteiger partial charge in [-0.15, -0.1) is 0 Å². The van der Waals surface area contributed by atoms with Crippen LogP contribution in [-0.2, 0) is 0 Å². The Morgan fingerprint density at radius 2 is 2.27 bits per heavy atom. The lowest BCUT2D eigenvalue weighted by Crippen LogP contribution is -2.38. The first-order valence-corrected chi connectivity index (χ1v) is 3.79. The quantitative estimate of drug-likeness (QED) is 0.545. The fourth-order valence-electron chi connectivity index (χ4n) is 0.766. The molecule has 0 saturated heterocycles. The Labute approximate surface area is 67.0 Å². The van der Waals surface area contributed by atoms with Gasteiger partial charge in [0.1, 0.15) is 0 Å². The number of urea groups is 1. The summed E-state index contributed by atoms with van der Waals surface area (Å²) in [5.74, 6) is 0. The van der Waals surface area contributed by atoms with Crippen molar-refractivity contribution in [3.8, 4) is 0 Å². The van der Waals surface area contributed by atoms with E-state index in [4.69, 9.17) is 5.11 Å². The zero-order chi connectivity index (χ0) is 8.69. The van der Waals surface area contributed by atoms with Gasteiger partial charge < -0.3 is 15.7 Å². The first-order chi connectivity index (χ1) is 5.20. The van der Waals surface area contributed by atoms with Gasteiger partial charge in [0.05, 0.1) is 0 Å². The Balaban J connectivity index is 3.35. The van der Waals surface area contributed by atoms with E-state index in [1.165, 1.54) is 0 Å². The van der Waals surface area contributed by atoms with E-state index in [2.05, 4.69) is 10.6 Å². The van der Waals surface area contributed by atoms with Crippen LogP contribution in [0.4, 0.5) is 4.79 Å². The topological polar surface area (TPSA) is 61.4 Å². The van der Waals surface area contributed by atoms with Gasteiger partial charge in [-0.1, -0.05) is 0 Å². The summed E-state index contributed by atoms with van der Waals surface area (Å²) in [6.45, 7) is 2.09. The molecule has 0 spiro atoms. The molecule has 0 aliphatic carbocycles. The fourth-order valence-corrected chi connectivity index (χ4v) is 0.766. The van der Waals surface area contributed by atoms with Gasteiger partial charge in [0.15, 0.2) is 0 Å². The predicted octanol–water partition coefficient (Wildman–Crippen LogP) is 0.0764. The number of carbonyl (C=O) groups excluding carboxylic acids is 1. The summed E-state index contributed by atoms with van der Waals surface area (Å²) in [5, 5.41) is 13.6. The molecule has 0 heterocycles. The molecule has 1 atom stereocenters. The third-order valence-corrected chi connectivity index (χ3v) is 1.40. The van der Waals surface area contributed by atoms with Crippen molar-refractivity contribution >= 4 is 6.03 Å². The number of carbonyl (C=O) groups is 1. The van der Waals surface area contributed by atoms with Crippen molar-refractivity contribution < 1.29 is 9.90 Å². The minimum absolute atomic E-state index is 0.127. The van der Waals surface area contributed by atoms with E-state index in [0.29, 0.717) is 0 Å². The van der Waals surface area contributed by atoms with E-state index in [9.17, 15) is 4.79 Å². The van der Waals surface area contributed by atoms with E-state index in [1.807, 2.05) is 6.92 Å². The van der Waals surface area contributed by atoms with E-state index >= 15 is 0 Å². The molecule has 3 N–H and O–H groups in total. The predicted molar refractivity (Wildman–Crippen MR) is 43.4 cm³/mol. The summed E-state index contributed by atoms with van der Waals surface area (Å²) < 4.78 is 0. The summed E-state index contributed by atoms with van der Waals surface area (Å²) in [4.78, 5) is 10.7. The second-order valence-electron chi connectivity index (χ2n) is 2.49. The third kappa shape index (κ3) is 5.66. The molecule has 2 amide bonds. The highest BCUT2D eigenvalue weighted by Gasteiger charge is 2.03. The smallest absolute Gasteiger partial charge is 0.314 e. The van der Waals surface area contributed by atoms with Crippen molar-refractivity contribution in [2.45, 2.75) is 25.8 Å². The van der Waals surface area contributed by atoms with Gasteiger partial charge in [-0.2, -0.15) is 0 Å². The van der Waals surface area contributed by atoms with Crippen LogP contribution in [0.5, 0.6) is 0 Å². The highest BCUT2D eigenvalue weighted by atomic mass is 16.3. The Bertz CT molecular complexity index is 117. The van der Waals surface area contributed by atoms with Gasteiger partial charge in [0.25, 0.3) is 0 Å². The molecule has 0 aliphatic rings. The normalized spacial score (nSPS) is 12.3. The lowest BCUT2D eigenvalue weighted by atomic mass is 10.2. The van der Waals surface area contributed by atoms with E-state index in [0.717, 1.165) is 12.8 Å². The molecule has 0 bridgehead atoms. The van der Waals surface area contributed by atoms with Gasteiger partial charge in [0.2, 0.25) is 0 Å². The van der Waals surface area contributed by atoms with Crippen molar-refractivity contribution in [1.29, 1.82) is 0 Å². The van der Waals surface area contributed by atoms with Gasteiger partial charge in [-0.3, -0.25) is 0 Å². The van der Waals surface area contributed by atoms with Crippen LogP contribution in [0.2, 0.25) is 0 Å². The second-order valence-corrected chi connectivity index (χ2v) is 2.49. The number of aliphatic hydroxyl groups is 1. The number of hydrogen-bond acceptors (Lipinski definition) is 2. The zero-order valence-electron chi connectivity index (χ0n) is 7.05. The minimum atomic E-state index is -0.171. The highest BCUT2D eigenvalue weighted by Crippen LogP contribution is 1.93.